The number of hydrogen-bond acceptors (Lipinski definition) is 5. The lowest BCUT2D eigenvalue weighted by atomic mass is 9.94. The number of allylic oxidation sites excluding steroid dienone is 3. The van der Waals surface area contributed by atoms with Crippen LogP contribution in [0.4, 0.5) is 0 Å². The predicted molar refractivity (Wildman–Crippen MR) is 66.0 cm³/mol. The van der Waals surface area contributed by atoms with Gasteiger partial charge in [0.25, 0.3) is 0 Å². The normalized spacial score (nSPS) is 33.4. The monoisotopic (exact) mass is 268 g/mol. The third-order valence-electron chi connectivity index (χ3n) is 3.60. The quantitative estimate of drug-likeness (QED) is 0.729. The molecule has 5 nitrogen and oxygen atoms in total. The number of ether oxygens (including phenoxy) is 2. The van der Waals surface area contributed by atoms with E-state index in [0.29, 0.717) is 18.6 Å². The molecule has 1 fully saturated rings. The van der Waals surface area contributed by atoms with Crippen LogP contribution in [0.2, 0.25) is 0 Å². The zero-order valence-electron chi connectivity index (χ0n) is 9.90. The summed E-state index contributed by atoms with van der Waals surface area (Å²) in [6.45, 7) is 0.208. The number of carbonyl (C=O) groups is 1. The van der Waals surface area contributed by atoms with Crippen molar-refractivity contribution in [1.29, 1.82) is 0 Å². The van der Waals surface area contributed by atoms with Crippen molar-refractivity contribution < 1.29 is 14.3 Å². The SMILES string of the molecule is COC(=O)C12CC3CC(Cl)=CC=C3C1=NNCO2. The molecule has 0 aromatic carbocycles. The lowest BCUT2D eigenvalue weighted by molar-refractivity contribution is -0.162. The van der Waals surface area contributed by atoms with Gasteiger partial charge in [0.2, 0.25) is 5.60 Å². The first kappa shape index (κ1) is 11.7. The number of nitrogens with one attached hydrogen (secondary N) is 1. The maximum absolute atomic E-state index is 12.1. The predicted octanol–water partition coefficient (Wildman–Crippen LogP) is 1.30. The van der Waals surface area contributed by atoms with Gasteiger partial charge in [0.1, 0.15) is 12.4 Å². The molecule has 3 aliphatic rings. The average Bonchev–Trinajstić information content (AvgIpc) is 2.72. The second kappa shape index (κ2) is 4.10. The van der Waals surface area contributed by atoms with Crippen LogP contribution in [0.3, 0.4) is 0 Å². The van der Waals surface area contributed by atoms with E-state index < -0.39 is 11.6 Å². The van der Waals surface area contributed by atoms with E-state index in [4.69, 9.17) is 21.1 Å². The van der Waals surface area contributed by atoms with Gasteiger partial charge in [-0.2, -0.15) is 5.10 Å². The second-order valence-corrected chi connectivity index (χ2v) is 5.05. The number of carbonyl (C=O) groups excluding carboxylic acids is 1. The van der Waals surface area contributed by atoms with Crippen molar-refractivity contribution in [3.63, 3.8) is 0 Å². The van der Waals surface area contributed by atoms with Crippen LogP contribution in [-0.4, -0.2) is 31.1 Å². The minimum Gasteiger partial charge on any atom is -0.467 e. The third-order valence-corrected chi connectivity index (χ3v) is 3.88. The molecule has 0 aromatic heterocycles. The van der Waals surface area contributed by atoms with Gasteiger partial charge in [0, 0.05) is 11.5 Å². The molecule has 2 atom stereocenters. The molecule has 6 heteroatoms. The molecule has 3 rings (SSSR count). The molecule has 2 unspecified atom stereocenters. The topological polar surface area (TPSA) is 59.9 Å². The Morgan fingerprint density at radius 2 is 2.50 bits per heavy atom. The molecule has 0 saturated heterocycles. The maximum atomic E-state index is 12.1. The molecular formula is C12H13ClN2O3. The summed E-state index contributed by atoms with van der Waals surface area (Å²) in [5.41, 5.74) is 3.35. The van der Waals surface area contributed by atoms with Crippen molar-refractivity contribution in [2.45, 2.75) is 18.4 Å². The van der Waals surface area contributed by atoms with E-state index in [1.165, 1.54) is 7.11 Å². The first-order chi connectivity index (χ1) is 8.67. The van der Waals surface area contributed by atoms with E-state index >= 15 is 0 Å². The molecule has 0 radical (unpaired) electrons. The molecule has 1 heterocycles. The molecule has 1 aliphatic heterocycles. The molecule has 0 amide bonds. The fourth-order valence-corrected chi connectivity index (χ4v) is 3.06. The summed E-state index contributed by atoms with van der Waals surface area (Å²) >= 11 is 6.04. The van der Waals surface area contributed by atoms with Crippen LogP contribution >= 0.6 is 11.6 Å². The highest BCUT2D eigenvalue weighted by atomic mass is 35.5. The molecule has 1 saturated carbocycles. The Hall–Kier alpha value is -1.33. The Labute approximate surface area is 109 Å². The lowest BCUT2D eigenvalue weighted by Gasteiger charge is -2.30. The second-order valence-electron chi connectivity index (χ2n) is 4.57. The van der Waals surface area contributed by atoms with Crippen molar-refractivity contribution in [2.75, 3.05) is 13.8 Å². The van der Waals surface area contributed by atoms with Gasteiger partial charge in [-0.15, -0.1) is 0 Å². The van der Waals surface area contributed by atoms with Gasteiger partial charge >= 0.3 is 5.97 Å². The van der Waals surface area contributed by atoms with E-state index in [9.17, 15) is 4.79 Å². The van der Waals surface area contributed by atoms with Gasteiger partial charge in [0.15, 0.2) is 0 Å². The Bertz CT molecular complexity index is 498. The largest absolute Gasteiger partial charge is 0.467 e. The fraction of sp³-hybridized carbons (Fsp3) is 0.500. The third kappa shape index (κ3) is 1.51. The fourth-order valence-electron chi connectivity index (χ4n) is 2.81. The summed E-state index contributed by atoms with van der Waals surface area (Å²) < 4.78 is 10.5. The first-order valence-electron chi connectivity index (χ1n) is 5.77. The highest BCUT2D eigenvalue weighted by molar-refractivity contribution is 6.30. The molecule has 0 aromatic rings. The highest BCUT2D eigenvalue weighted by Crippen LogP contribution is 2.46. The van der Waals surface area contributed by atoms with Crippen molar-refractivity contribution in [3.8, 4) is 0 Å². The average molecular weight is 269 g/mol. The minimum atomic E-state index is -1.06. The summed E-state index contributed by atoms with van der Waals surface area (Å²) in [7, 11) is 1.36. The molecule has 1 N–H and O–H groups in total. The highest BCUT2D eigenvalue weighted by Gasteiger charge is 2.57. The Balaban J connectivity index is 2.06. The molecule has 2 aliphatic carbocycles. The van der Waals surface area contributed by atoms with E-state index in [-0.39, 0.29) is 12.6 Å². The Morgan fingerprint density at radius 1 is 1.67 bits per heavy atom. The van der Waals surface area contributed by atoms with E-state index in [0.717, 1.165) is 10.6 Å². The van der Waals surface area contributed by atoms with Gasteiger partial charge in [-0.3, -0.25) is 5.43 Å². The number of halogens is 1. The van der Waals surface area contributed by atoms with Crippen LogP contribution in [0.15, 0.2) is 27.9 Å². The zero-order valence-corrected chi connectivity index (χ0v) is 10.7. The Morgan fingerprint density at radius 3 is 3.28 bits per heavy atom. The molecule has 18 heavy (non-hydrogen) atoms. The number of fused-ring (bicyclic) bond motifs is 3. The van der Waals surface area contributed by atoms with Crippen LogP contribution < -0.4 is 5.43 Å². The molecule has 96 valence electrons. The van der Waals surface area contributed by atoms with Gasteiger partial charge in [0.05, 0.1) is 7.11 Å². The number of methoxy groups -OCH3 is 1. The summed E-state index contributed by atoms with van der Waals surface area (Å²) in [6.07, 6.45) is 5.01. The zero-order chi connectivity index (χ0) is 12.8. The summed E-state index contributed by atoms with van der Waals surface area (Å²) in [5, 5.41) is 5.03. The summed E-state index contributed by atoms with van der Waals surface area (Å²) in [5.74, 6) is -0.227. The van der Waals surface area contributed by atoms with Crippen molar-refractivity contribution in [3.05, 3.63) is 22.8 Å². The molecule has 0 spiro atoms. The van der Waals surface area contributed by atoms with Crippen molar-refractivity contribution in [2.24, 2.45) is 11.0 Å². The maximum Gasteiger partial charge on any atom is 0.344 e. The number of hydrogen-bond donors (Lipinski definition) is 1. The van der Waals surface area contributed by atoms with Crippen LogP contribution in [-0.2, 0) is 14.3 Å². The lowest BCUT2D eigenvalue weighted by Crippen LogP contribution is -2.51. The van der Waals surface area contributed by atoms with Crippen LogP contribution in [0.1, 0.15) is 12.8 Å². The Kier molecular flexibility index (Phi) is 2.68. The number of nitrogens with zero attached hydrogens (tertiary/aromatic N) is 1. The molecule has 0 bridgehead atoms. The van der Waals surface area contributed by atoms with Crippen molar-refractivity contribution >= 4 is 23.3 Å². The smallest absolute Gasteiger partial charge is 0.344 e. The van der Waals surface area contributed by atoms with Gasteiger partial charge < -0.3 is 9.47 Å². The molecular weight excluding hydrogens is 256 g/mol. The van der Waals surface area contributed by atoms with Crippen LogP contribution in [0.5, 0.6) is 0 Å². The standard InChI is InChI=1S/C12H13ClN2O3/c1-17-11(16)12-5-7-4-8(13)2-3-9(7)10(12)15-14-6-18-12/h2-3,7,14H,4-6H2,1H3. The van der Waals surface area contributed by atoms with Crippen molar-refractivity contribution in [1.82, 2.24) is 5.43 Å². The number of rotatable bonds is 1. The first-order valence-corrected chi connectivity index (χ1v) is 6.15. The summed E-state index contributed by atoms with van der Waals surface area (Å²) in [4.78, 5) is 12.1. The summed E-state index contributed by atoms with van der Waals surface area (Å²) in [6, 6.07) is 0. The van der Waals surface area contributed by atoms with Gasteiger partial charge in [-0.25, -0.2) is 4.79 Å². The van der Waals surface area contributed by atoms with E-state index in [1.807, 2.05) is 12.2 Å². The number of hydrazone groups is 1. The van der Waals surface area contributed by atoms with E-state index in [2.05, 4.69) is 10.5 Å². The number of esters is 1. The van der Waals surface area contributed by atoms with Gasteiger partial charge in [-0.1, -0.05) is 17.7 Å². The van der Waals surface area contributed by atoms with E-state index in [1.54, 1.807) is 0 Å². The minimum absolute atomic E-state index is 0.167. The van der Waals surface area contributed by atoms with Crippen LogP contribution in [0.25, 0.3) is 0 Å². The van der Waals surface area contributed by atoms with Gasteiger partial charge in [-0.05, 0) is 24.0 Å². The van der Waals surface area contributed by atoms with Crippen LogP contribution in [0, 0.1) is 5.92 Å².